The van der Waals surface area contributed by atoms with E-state index in [-0.39, 0.29) is 0 Å². The Balaban J connectivity index is 2.98. The Kier molecular flexibility index (Phi) is 14.3. The van der Waals surface area contributed by atoms with E-state index in [1.807, 2.05) is 0 Å². The monoisotopic (exact) mass is 227 g/mol. The summed E-state index contributed by atoms with van der Waals surface area (Å²) in [5.41, 5.74) is 5.30. The van der Waals surface area contributed by atoms with Crippen molar-refractivity contribution < 1.29 is 0 Å². The van der Waals surface area contributed by atoms with E-state index >= 15 is 0 Å². The first-order valence-electron chi connectivity index (χ1n) is 6.75. The third-order valence-electron chi connectivity index (χ3n) is 2.67. The Morgan fingerprint density at radius 1 is 0.875 bits per heavy atom. The Morgan fingerprint density at radius 2 is 1.50 bits per heavy atom. The van der Waals surface area contributed by atoms with Gasteiger partial charge in [0.05, 0.1) is 0 Å². The predicted molar refractivity (Wildman–Crippen MR) is 71.7 cm³/mol. The highest BCUT2D eigenvalue weighted by Gasteiger charge is 1.88. The average molecular weight is 227 g/mol. The second-order valence-corrected chi connectivity index (χ2v) is 4.24. The first-order valence-corrected chi connectivity index (χ1v) is 6.75. The molecule has 0 aromatic carbocycles. The van der Waals surface area contributed by atoms with Gasteiger partial charge in [0.25, 0.3) is 0 Å². The van der Waals surface area contributed by atoms with Crippen molar-refractivity contribution in [2.45, 2.75) is 64.7 Å². The van der Waals surface area contributed by atoms with Gasteiger partial charge >= 0.3 is 0 Å². The highest BCUT2D eigenvalue weighted by atomic mass is 15.5. The topological polar surface area (TPSA) is 50.1 Å². The highest BCUT2D eigenvalue weighted by Crippen LogP contribution is 2.07. The lowest BCUT2D eigenvalue weighted by Crippen LogP contribution is -2.38. The van der Waals surface area contributed by atoms with Gasteiger partial charge in [-0.2, -0.15) is 5.53 Å². The molecule has 96 valence electrons. The van der Waals surface area contributed by atoms with Crippen LogP contribution in [0.15, 0.2) is 12.2 Å². The SMILES string of the molecule is CCCCCCCCC=CCCCNNN. The largest absolute Gasteiger partial charge is 0.258 e. The number of hydrogen-bond acceptors (Lipinski definition) is 3. The van der Waals surface area contributed by atoms with E-state index in [1.54, 1.807) is 0 Å². The zero-order valence-corrected chi connectivity index (χ0v) is 10.8. The van der Waals surface area contributed by atoms with Gasteiger partial charge in [-0.3, -0.25) is 5.84 Å². The summed E-state index contributed by atoms with van der Waals surface area (Å²) in [7, 11) is 0. The quantitative estimate of drug-likeness (QED) is 0.208. The van der Waals surface area contributed by atoms with E-state index in [2.05, 4.69) is 30.0 Å². The van der Waals surface area contributed by atoms with Crippen molar-refractivity contribution in [3.05, 3.63) is 12.2 Å². The molecule has 0 bridgehead atoms. The fourth-order valence-corrected chi connectivity index (χ4v) is 1.66. The van der Waals surface area contributed by atoms with Crippen LogP contribution in [0.1, 0.15) is 64.7 Å². The second-order valence-electron chi connectivity index (χ2n) is 4.24. The van der Waals surface area contributed by atoms with E-state index in [1.165, 1.54) is 44.9 Å². The highest BCUT2D eigenvalue weighted by molar-refractivity contribution is 4.81. The summed E-state index contributed by atoms with van der Waals surface area (Å²) in [5.74, 6) is 5.08. The number of hydrogen-bond donors (Lipinski definition) is 3. The van der Waals surface area contributed by atoms with Crippen molar-refractivity contribution in [2.24, 2.45) is 5.84 Å². The molecular weight excluding hydrogens is 198 g/mol. The van der Waals surface area contributed by atoms with Gasteiger partial charge in [-0.05, 0) is 25.7 Å². The number of rotatable bonds is 12. The van der Waals surface area contributed by atoms with Crippen LogP contribution >= 0.6 is 0 Å². The molecule has 0 saturated carbocycles. The maximum absolute atomic E-state index is 5.08. The molecule has 0 saturated heterocycles. The fraction of sp³-hybridized carbons (Fsp3) is 0.846. The molecule has 0 atom stereocenters. The summed E-state index contributed by atoms with van der Waals surface area (Å²) in [6, 6.07) is 0. The molecule has 0 fully saturated rings. The Bertz CT molecular complexity index is 146. The van der Waals surface area contributed by atoms with E-state index in [0.717, 1.165) is 19.4 Å². The van der Waals surface area contributed by atoms with Crippen molar-refractivity contribution in [3.8, 4) is 0 Å². The van der Waals surface area contributed by atoms with Crippen molar-refractivity contribution in [1.29, 1.82) is 0 Å². The summed E-state index contributed by atoms with van der Waals surface area (Å²) in [4.78, 5) is 0. The van der Waals surface area contributed by atoms with Gasteiger partial charge in [0.15, 0.2) is 0 Å². The molecule has 3 nitrogen and oxygen atoms in total. The maximum atomic E-state index is 5.08. The van der Waals surface area contributed by atoms with Crippen LogP contribution < -0.4 is 16.8 Å². The van der Waals surface area contributed by atoms with Crippen molar-refractivity contribution >= 4 is 0 Å². The van der Waals surface area contributed by atoms with E-state index in [0.29, 0.717) is 0 Å². The van der Waals surface area contributed by atoms with Gasteiger partial charge in [-0.1, -0.05) is 51.2 Å². The standard InChI is InChI=1S/C13H29N3/c1-2-3-4-5-6-7-8-9-10-11-12-13-15-16-14/h9-10,15-16H,2-8,11-14H2,1H3. The zero-order valence-electron chi connectivity index (χ0n) is 10.8. The van der Waals surface area contributed by atoms with Gasteiger partial charge in [0.1, 0.15) is 0 Å². The van der Waals surface area contributed by atoms with Crippen LogP contribution in [0.2, 0.25) is 0 Å². The molecule has 0 spiro atoms. The lowest BCUT2D eigenvalue weighted by atomic mass is 10.1. The Labute approximate surface area is 101 Å². The summed E-state index contributed by atoms with van der Waals surface area (Å²) in [6.07, 6.45) is 16.4. The Hall–Kier alpha value is -0.380. The molecule has 0 heterocycles. The summed E-state index contributed by atoms with van der Waals surface area (Å²) in [6.45, 7) is 3.19. The van der Waals surface area contributed by atoms with Gasteiger partial charge in [0.2, 0.25) is 0 Å². The molecule has 0 unspecified atom stereocenters. The minimum Gasteiger partial charge on any atom is -0.258 e. The maximum Gasteiger partial charge on any atom is 0.0116 e. The number of nitrogens with one attached hydrogen (secondary N) is 2. The van der Waals surface area contributed by atoms with Crippen molar-refractivity contribution in [1.82, 2.24) is 11.0 Å². The van der Waals surface area contributed by atoms with Crippen LogP contribution in [0.5, 0.6) is 0 Å². The average Bonchev–Trinajstić information content (AvgIpc) is 2.31. The van der Waals surface area contributed by atoms with Gasteiger partial charge < -0.3 is 0 Å². The summed E-state index contributed by atoms with van der Waals surface area (Å²) < 4.78 is 0. The Morgan fingerprint density at radius 3 is 2.19 bits per heavy atom. The van der Waals surface area contributed by atoms with Crippen molar-refractivity contribution in [2.75, 3.05) is 6.54 Å². The van der Waals surface area contributed by atoms with Crippen molar-refractivity contribution in [3.63, 3.8) is 0 Å². The molecule has 0 amide bonds. The van der Waals surface area contributed by atoms with Gasteiger partial charge in [-0.15, -0.1) is 0 Å². The molecule has 0 aromatic rings. The van der Waals surface area contributed by atoms with E-state index in [9.17, 15) is 0 Å². The molecule has 0 aliphatic rings. The van der Waals surface area contributed by atoms with E-state index < -0.39 is 0 Å². The fourth-order valence-electron chi connectivity index (χ4n) is 1.66. The molecule has 3 heteroatoms. The molecular formula is C13H29N3. The van der Waals surface area contributed by atoms with Crippen LogP contribution in [0, 0.1) is 0 Å². The number of nitrogens with two attached hydrogens (primary N) is 1. The van der Waals surface area contributed by atoms with Crippen LogP contribution in [-0.2, 0) is 0 Å². The molecule has 0 aliphatic carbocycles. The minimum atomic E-state index is 0.928. The van der Waals surface area contributed by atoms with Crippen LogP contribution in [-0.4, -0.2) is 6.54 Å². The number of allylic oxidation sites excluding steroid dienone is 2. The molecule has 0 radical (unpaired) electrons. The summed E-state index contributed by atoms with van der Waals surface area (Å²) >= 11 is 0. The minimum absolute atomic E-state index is 0.928. The van der Waals surface area contributed by atoms with E-state index in [4.69, 9.17) is 5.84 Å². The molecule has 0 aliphatic heterocycles. The third-order valence-corrected chi connectivity index (χ3v) is 2.67. The normalized spacial score (nSPS) is 11.4. The molecule has 0 aromatic heterocycles. The van der Waals surface area contributed by atoms with Crippen LogP contribution in [0.25, 0.3) is 0 Å². The van der Waals surface area contributed by atoms with Gasteiger partial charge in [0, 0.05) is 6.54 Å². The van der Waals surface area contributed by atoms with Crippen LogP contribution in [0.3, 0.4) is 0 Å². The predicted octanol–water partition coefficient (Wildman–Crippen LogP) is 3.04. The number of hydrazine groups is 2. The molecule has 0 rings (SSSR count). The van der Waals surface area contributed by atoms with Crippen LogP contribution in [0.4, 0.5) is 0 Å². The lowest BCUT2D eigenvalue weighted by Gasteiger charge is -1.99. The molecule has 16 heavy (non-hydrogen) atoms. The summed E-state index contributed by atoms with van der Waals surface area (Å²) in [5, 5.41) is 0. The zero-order chi connectivity index (χ0) is 11.9. The second kappa shape index (κ2) is 14.6. The lowest BCUT2D eigenvalue weighted by molar-refractivity contribution is 0.541. The van der Waals surface area contributed by atoms with Gasteiger partial charge in [-0.25, -0.2) is 5.43 Å². The molecule has 4 N–H and O–H groups in total. The third kappa shape index (κ3) is 13.6. The smallest absolute Gasteiger partial charge is 0.0116 e. The first kappa shape index (κ1) is 15.6. The first-order chi connectivity index (χ1) is 7.91. The number of unbranched alkanes of at least 4 members (excludes halogenated alkanes) is 7.